The van der Waals surface area contributed by atoms with Crippen molar-refractivity contribution in [3.8, 4) is 0 Å². The molecule has 0 spiro atoms. The van der Waals surface area contributed by atoms with E-state index in [1.54, 1.807) is 0 Å². The van der Waals surface area contributed by atoms with E-state index in [1.165, 1.54) is 46.5 Å². The Morgan fingerprint density at radius 2 is 0.923 bits per heavy atom. The first kappa shape index (κ1) is 22.3. The molecule has 0 heterocycles. The van der Waals surface area contributed by atoms with Crippen molar-refractivity contribution in [2.75, 3.05) is 0 Å². The largest absolute Gasteiger partial charge is 0.358 e. The number of aliphatic imine (C=N–C) groups is 2. The molecule has 3 rings (SSSR count). The van der Waals surface area contributed by atoms with Gasteiger partial charge in [0.15, 0.2) is 0 Å². The van der Waals surface area contributed by atoms with E-state index in [4.69, 9.17) is 9.98 Å². The van der Waals surface area contributed by atoms with Gasteiger partial charge in [-0.2, -0.15) is 0 Å². The van der Waals surface area contributed by atoms with Crippen LogP contribution in [-0.2, 0) is 16.5 Å². The monoisotopic (exact) mass is 391 g/mol. The first-order chi connectivity index (χ1) is 11.6. The summed E-state index contributed by atoms with van der Waals surface area (Å²) in [7, 11) is 0. The third kappa shape index (κ3) is 4.92. The minimum Gasteiger partial charge on any atom is -0.358 e. The number of rotatable bonds is 2. The number of nitrogens with zero attached hydrogens (tertiary/aromatic N) is 2. The Bertz CT molecular complexity index is 709. The summed E-state index contributed by atoms with van der Waals surface area (Å²) in [6.45, 7) is 8.55. The minimum atomic E-state index is 0. The van der Waals surface area contributed by atoms with Crippen molar-refractivity contribution in [1.29, 1.82) is 0 Å². The van der Waals surface area contributed by atoms with Crippen molar-refractivity contribution in [1.82, 2.24) is 0 Å². The summed E-state index contributed by atoms with van der Waals surface area (Å²) in [4.78, 5) is 10.1. The summed E-state index contributed by atoms with van der Waals surface area (Å²) in [5.41, 5.74) is 9.51. The summed E-state index contributed by atoms with van der Waals surface area (Å²) in [5, 5.41) is 0. The minimum absolute atomic E-state index is 0. The van der Waals surface area contributed by atoms with Crippen molar-refractivity contribution >= 4 is 22.8 Å². The fourth-order valence-electron chi connectivity index (χ4n) is 3.35. The first-order valence-corrected chi connectivity index (χ1v) is 8.84. The fraction of sp³-hybridized carbons (Fsp3) is 0.348. The zero-order valence-electron chi connectivity index (χ0n) is 16.5. The second-order valence-electron chi connectivity index (χ2n) is 6.80. The van der Waals surface area contributed by atoms with Gasteiger partial charge in [-0.3, -0.25) is 9.98 Å². The normalized spacial score (nSPS) is 16.9. The zero-order valence-corrected chi connectivity index (χ0v) is 17.5. The molecule has 0 atom stereocenters. The molecule has 0 unspecified atom stereocenters. The number of para-hydroxylation sites is 2. The third-order valence-electron chi connectivity index (χ3n) is 4.78. The quantitative estimate of drug-likeness (QED) is 0.397. The van der Waals surface area contributed by atoms with Gasteiger partial charge in [-0.25, -0.2) is 0 Å². The van der Waals surface area contributed by atoms with E-state index in [0.717, 1.165) is 24.2 Å². The molecule has 1 aliphatic rings. The van der Waals surface area contributed by atoms with Gasteiger partial charge in [-0.1, -0.05) is 36.4 Å². The average molecular weight is 392 g/mol. The van der Waals surface area contributed by atoms with Gasteiger partial charge < -0.3 is 7.43 Å². The van der Waals surface area contributed by atoms with E-state index in [9.17, 15) is 0 Å². The van der Waals surface area contributed by atoms with Crippen LogP contribution >= 0.6 is 0 Å². The molecule has 1 aliphatic carbocycles. The predicted octanol–water partition coefficient (Wildman–Crippen LogP) is 6.79. The van der Waals surface area contributed by atoms with Crippen LogP contribution in [0, 0.1) is 35.1 Å². The molecule has 142 valence electrons. The molecular weight excluding hydrogens is 363 g/mol. The second kappa shape index (κ2) is 9.83. The van der Waals surface area contributed by atoms with Crippen molar-refractivity contribution in [3.63, 3.8) is 0 Å². The Balaban J connectivity index is 0.00000169. The summed E-state index contributed by atoms with van der Waals surface area (Å²) >= 11 is 0. The second-order valence-corrected chi connectivity index (χ2v) is 6.80. The van der Waals surface area contributed by atoms with E-state index in [-0.39, 0.29) is 23.9 Å². The summed E-state index contributed by atoms with van der Waals surface area (Å²) in [6, 6.07) is 12.7. The Hall–Kier alpha value is -1.73. The number of hydrogen-bond acceptors (Lipinski definition) is 2. The van der Waals surface area contributed by atoms with Crippen molar-refractivity contribution in [2.24, 2.45) is 9.98 Å². The number of hydrogen-bond donors (Lipinski definition) is 0. The van der Waals surface area contributed by atoms with Gasteiger partial charge in [-0.05, 0) is 75.6 Å². The van der Waals surface area contributed by atoms with Crippen LogP contribution in [0.3, 0.4) is 0 Å². The van der Waals surface area contributed by atoms with E-state index in [2.05, 4.69) is 64.1 Å². The molecule has 0 radical (unpaired) electrons. The van der Waals surface area contributed by atoms with Gasteiger partial charge >= 0.3 is 0 Å². The zero-order chi connectivity index (χ0) is 17.1. The third-order valence-corrected chi connectivity index (χ3v) is 4.78. The molecule has 0 saturated heterocycles. The van der Waals surface area contributed by atoms with Crippen molar-refractivity contribution in [2.45, 2.75) is 53.4 Å². The van der Waals surface area contributed by atoms with Gasteiger partial charge in [0.05, 0.1) is 22.8 Å². The van der Waals surface area contributed by atoms with E-state index in [0.29, 0.717) is 0 Å². The molecular formula is C23H29N2Ni-. The van der Waals surface area contributed by atoms with Crippen LogP contribution < -0.4 is 0 Å². The molecule has 1 fully saturated rings. The smallest absolute Gasteiger partial charge is 0.0692 e. The number of aryl methyl sites for hydroxylation is 4. The van der Waals surface area contributed by atoms with Crippen molar-refractivity contribution < 1.29 is 16.5 Å². The average Bonchev–Trinajstić information content (AvgIpc) is 2.56. The van der Waals surface area contributed by atoms with Crippen molar-refractivity contribution in [3.05, 3.63) is 66.1 Å². The van der Waals surface area contributed by atoms with Gasteiger partial charge in [-0.15, -0.1) is 0 Å². The standard InChI is InChI=1S/C22H26N2.CH3.Ni/c1-15-9-7-10-16(2)21(15)23-19-13-5-6-14-20(19)24-22-17(3)11-8-12-18(22)4;;/h7-12H,5-6,13-14H2,1-4H3;1H3;/q;-1;. The molecule has 0 aromatic heterocycles. The molecule has 3 heteroatoms. The van der Waals surface area contributed by atoms with Crippen LogP contribution in [-0.4, -0.2) is 11.4 Å². The van der Waals surface area contributed by atoms with Gasteiger partial charge in [0.25, 0.3) is 0 Å². The van der Waals surface area contributed by atoms with Gasteiger partial charge in [0.1, 0.15) is 0 Å². The Morgan fingerprint density at radius 1 is 0.615 bits per heavy atom. The maximum atomic E-state index is 5.04. The Labute approximate surface area is 168 Å². The molecule has 2 aromatic carbocycles. The maximum absolute atomic E-state index is 5.04. The van der Waals surface area contributed by atoms with Gasteiger partial charge in [0.2, 0.25) is 0 Å². The van der Waals surface area contributed by atoms with E-state index >= 15 is 0 Å². The molecule has 26 heavy (non-hydrogen) atoms. The van der Waals surface area contributed by atoms with Crippen LogP contribution in [0.5, 0.6) is 0 Å². The van der Waals surface area contributed by atoms with Crippen LogP contribution in [0.1, 0.15) is 47.9 Å². The summed E-state index contributed by atoms with van der Waals surface area (Å²) in [6.07, 6.45) is 4.46. The predicted molar refractivity (Wildman–Crippen MR) is 111 cm³/mol. The molecule has 0 amide bonds. The molecule has 2 aromatic rings. The molecule has 0 aliphatic heterocycles. The summed E-state index contributed by atoms with van der Waals surface area (Å²) < 4.78 is 0. The first-order valence-electron chi connectivity index (χ1n) is 8.84. The Morgan fingerprint density at radius 3 is 1.23 bits per heavy atom. The molecule has 0 bridgehead atoms. The molecule has 2 nitrogen and oxygen atoms in total. The van der Waals surface area contributed by atoms with Crippen LogP contribution in [0.2, 0.25) is 0 Å². The van der Waals surface area contributed by atoms with Crippen LogP contribution in [0.25, 0.3) is 0 Å². The summed E-state index contributed by atoms with van der Waals surface area (Å²) in [5.74, 6) is 0. The topological polar surface area (TPSA) is 24.7 Å². The van der Waals surface area contributed by atoms with E-state index in [1.807, 2.05) is 0 Å². The van der Waals surface area contributed by atoms with Gasteiger partial charge in [0, 0.05) is 16.5 Å². The fourth-order valence-corrected chi connectivity index (χ4v) is 3.35. The van der Waals surface area contributed by atoms with E-state index < -0.39 is 0 Å². The molecule has 0 N–H and O–H groups in total. The Kier molecular flexibility index (Phi) is 8.44. The molecule has 1 saturated carbocycles. The maximum Gasteiger partial charge on any atom is 0.0692 e. The number of benzene rings is 2. The van der Waals surface area contributed by atoms with Crippen LogP contribution in [0.4, 0.5) is 11.4 Å². The van der Waals surface area contributed by atoms with Crippen LogP contribution in [0.15, 0.2) is 46.4 Å². The SMILES string of the molecule is Cc1cccc(C)c1N=C1CCCCC1=Nc1c(C)cccc1C.[CH3-].[Ni].